The van der Waals surface area contributed by atoms with Crippen molar-refractivity contribution in [2.45, 2.75) is 13.0 Å². The second-order valence-electron chi connectivity index (χ2n) is 4.68. The van der Waals surface area contributed by atoms with Gasteiger partial charge in [0.1, 0.15) is 5.00 Å². The molecule has 5 nitrogen and oxygen atoms in total. The van der Waals surface area contributed by atoms with Crippen LogP contribution in [-0.4, -0.2) is 30.3 Å². The van der Waals surface area contributed by atoms with Gasteiger partial charge in [-0.1, -0.05) is 6.07 Å². The highest BCUT2D eigenvalue weighted by Gasteiger charge is 2.17. The summed E-state index contributed by atoms with van der Waals surface area (Å²) in [7, 11) is 1.90. The third-order valence-corrected chi connectivity index (χ3v) is 5.07. The average Bonchev–Trinajstić information content (AvgIpc) is 3.08. The molecule has 3 N–H and O–H groups in total. The van der Waals surface area contributed by atoms with Crippen molar-refractivity contribution in [2.24, 2.45) is 5.73 Å². The van der Waals surface area contributed by atoms with E-state index in [1.54, 1.807) is 22.8 Å². The summed E-state index contributed by atoms with van der Waals surface area (Å²) in [6.07, 6.45) is 0. The van der Waals surface area contributed by atoms with Crippen LogP contribution in [-0.2, 0) is 4.79 Å². The van der Waals surface area contributed by atoms with Gasteiger partial charge in [0, 0.05) is 10.9 Å². The zero-order chi connectivity index (χ0) is 15.4. The molecular formula is C14H17N3O2S2. The van der Waals surface area contributed by atoms with E-state index in [0.29, 0.717) is 10.6 Å². The van der Waals surface area contributed by atoms with Crippen LogP contribution < -0.4 is 11.1 Å². The molecule has 2 heterocycles. The van der Waals surface area contributed by atoms with Gasteiger partial charge >= 0.3 is 0 Å². The molecule has 0 radical (unpaired) electrons. The number of carbonyl (C=O) groups excluding carboxylic acids is 2. The van der Waals surface area contributed by atoms with E-state index in [9.17, 15) is 9.59 Å². The number of anilines is 1. The van der Waals surface area contributed by atoms with Gasteiger partial charge in [0.05, 0.1) is 12.1 Å². The van der Waals surface area contributed by atoms with Crippen LogP contribution in [0.5, 0.6) is 0 Å². The fourth-order valence-electron chi connectivity index (χ4n) is 1.88. The van der Waals surface area contributed by atoms with Gasteiger partial charge in [-0.3, -0.25) is 14.5 Å². The van der Waals surface area contributed by atoms with E-state index < -0.39 is 5.91 Å². The largest absolute Gasteiger partial charge is 0.366 e. The summed E-state index contributed by atoms with van der Waals surface area (Å²) < 4.78 is 0. The summed E-state index contributed by atoms with van der Waals surface area (Å²) in [5, 5.41) is 7.00. The molecule has 112 valence electrons. The lowest BCUT2D eigenvalue weighted by atomic mass is 10.2. The van der Waals surface area contributed by atoms with Gasteiger partial charge in [-0.25, -0.2) is 0 Å². The SMILES string of the molecule is C[C@H](c1cccs1)N(C)CC(=O)Nc1sccc1C(N)=O. The fraction of sp³-hybridized carbons (Fsp3) is 0.286. The number of rotatable bonds is 6. The lowest BCUT2D eigenvalue weighted by Crippen LogP contribution is -2.32. The van der Waals surface area contributed by atoms with Crippen molar-refractivity contribution in [2.75, 3.05) is 18.9 Å². The molecule has 7 heteroatoms. The van der Waals surface area contributed by atoms with E-state index in [1.807, 2.05) is 29.5 Å². The first-order valence-corrected chi connectivity index (χ1v) is 8.15. The number of primary amides is 1. The third kappa shape index (κ3) is 3.90. The van der Waals surface area contributed by atoms with Crippen LogP contribution in [0.4, 0.5) is 5.00 Å². The van der Waals surface area contributed by atoms with Crippen LogP contribution in [0.15, 0.2) is 29.0 Å². The van der Waals surface area contributed by atoms with Crippen molar-refractivity contribution in [3.63, 3.8) is 0 Å². The van der Waals surface area contributed by atoms with Crippen LogP contribution in [0.25, 0.3) is 0 Å². The highest BCUT2D eigenvalue weighted by atomic mass is 32.1. The smallest absolute Gasteiger partial charge is 0.251 e. The number of hydrogen-bond acceptors (Lipinski definition) is 5. The van der Waals surface area contributed by atoms with E-state index in [1.165, 1.54) is 16.2 Å². The Morgan fingerprint density at radius 2 is 2.10 bits per heavy atom. The van der Waals surface area contributed by atoms with Gasteiger partial charge < -0.3 is 11.1 Å². The van der Waals surface area contributed by atoms with Crippen molar-refractivity contribution in [3.05, 3.63) is 39.4 Å². The Hall–Kier alpha value is -1.70. The first kappa shape index (κ1) is 15.7. The van der Waals surface area contributed by atoms with Crippen molar-refractivity contribution in [1.82, 2.24) is 4.90 Å². The highest BCUT2D eigenvalue weighted by Crippen LogP contribution is 2.24. The van der Waals surface area contributed by atoms with E-state index in [-0.39, 0.29) is 18.5 Å². The van der Waals surface area contributed by atoms with Gasteiger partial charge in [-0.05, 0) is 36.9 Å². The van der Waals surface area contributed by atoms with Gasteiger partial charge in [0.25, 0.3) is 5.91 Å². The minimum atomic E-state index is -0.535. The van der Waals surface area contributed by atoms with Crippen molar-refractivity contribution < 1.29 is 9.59 Å². The Morgan fingerprint density at radius 3 is 2.71 bits per heavy atom. The normalized spacial score (nSPS) is 12.3. The highest BCUT2D eigenvalue weighted by molar-refractivity contribution is 7.14. The molecule has 2 amide bonds. The van der Waals surface area contributed by atoms with Gasteiger partial charge in [0.15, 0.2) is 0 Å². The number of nitrogens with two attached hydrogens (primary N) is 1. The second kappa shape index (κ2) is 6.84. The third-order valence-electron chi connectivity index (χ3n) is 3.19. The number of hydrogen-bond donors (Lipinski definition) is 2. The first-order valence-electron chi connectivity index (χ1n) is 6.40. The van der Waals surface area contributed by atoms with E-state index in [4.69, 9.17) is 5.73 Å². The maximum atomic E-state index is 12.1. The molecule has 21 heavy (non-hydrogen) atoms. The van der Waals surface area contributed by atoms with Crippen LogP contribution >= 0.6 is 22.7 Å². The summed E-state index contributed by atoms with van der Waals surface area (Å²) in [6.45, 7) is 2.30. The Bertz CT molecular complexity index is 622. The molecule has 2 aromatic rings. The molecule has 0 aliphatic carbocycles. The van der Waals surface area contributed by atoms with Crippen molar-refractivity contribution >= 4 is 39.5 Å². The molecule has 0 spiro atoms. The Morgan fingerprint density at radius 1 is 1.33 bits per heavy atom. The van der Waals surface area contributed by atoms with E-state index >= 15 is 0 Å². The maximum Gasteiger partial charge on any atom is 0.251 e. The molecule has 0 fully saturated rings. The van der Waals surface area contributed by atoms with Gasteiger partial charge in [-0.2, -0.15) is 0 Å². The zero-order valence-electron chi connectivity index (χ0n) is 11.8. The number of nitrogens with zero attached hydrogens (tertiary/aromatic N) is 1. The molecule has 0 bridgehead atoms. The lowest BCUT2D eigenvalue weighted by Gasteiger charge is -2.23. The molecule has 2 aromatic heterocycles. The van der Waals surface area contributed by atoms with E-state index in [0.717, 1.165) is 0 Å². The number of carbonyl (C=O) groups is 2. The first-order chi connectivity index (χ1) is 9.99. The molecular weight excluding hydrogens is 306 g/mol. The number of thiophene rings is 2. The Balaban J connectivity index is 1.95. The van der Waals surface area contributed by atoms with Crippen molar-refractivity contribution in [3.8, 4) is 0 Å². The second-order valence-corrected chi connectivity index (χ2v) is 6.58. The predicted molar refractivity (Wildman–Crippen MR) is 86.8 cm³/mol. The topological polar surface area (TPSA) is 75.4 Å². The lowest BCUT2D eigenvalue weighted by molar-refractivity contribution is -0.117. The Kier molecular flexibility index (Phi) is 5.11. The Labute approximate surface area is 131 Å². The van der Waals surface area contributed by atoms with Crippen LogP contribution in [0.1, 0.15) is 28.2 Å². The van der Waals surface area contributed by atoms with Crippen LogP contribution in [0.3, 0.4) is 0 Å². The minimum Gasteiger partial charge on any atom is -0.366 e. The summed E-state index contributed by atoms with van der Waals surface area (Å²) in [4.78, 5) is 26.5. The standard InChI is InChI=1S/C14H17N3O2S2/c1-9(11-4-3-6-20-11)17(2)8-12(18)16-14-10(13(15)19)5-7-21-14/h3-7,9H,8H2,1-2H3,(H2,15,19)(H,16,18)/t9-/m1/s1. The molecule has 2 rings (SSSR count). The van der Waals surface area contributed by atoms with Crippen LogP contribution in [0, 0.1) is 0 Å². The predicted octanol–water partition coefficient (Wildman–Crippen LogP) is 2.54. The minimum absolute atomic E-state index is 0.161. The number of amides is 2. The molecule has 1 atom stereocenters. The zero-order valence-corrected chi connectivity index (χ0v) is 13.5. The molecule has 0 aliphatic heterocycles. The summed E-state index contributed by atoms with van der Waals surface area (Å²) in [6, 6.07) is 5.82. The molecule has 0 aromatic carbocycles. The summed E-state index contributed by atoms with van der Waals surface area (Å²) in [5.41, 5.74) is 5.61. The summed E-state index contributed by atoms with van der Waals surface area (Å²) in [5.74, 6) is -0.697. The quantitative estimate of drug-likeness (QED) is 0.858. The molecule has 0 saturated heterocycles. The fourth-order valence-corrected chi connectivity index (χ4v) is 3.53. The maximum absolute atomic E-state index is 12.1. The number of nitrogens with one attached hydrogen (secondary N) is 1. The van der Waals surface area contributed by atoms with Crippen molar-refractivity contribution in [1.29, 1.82) is 0 Å². The van der Waals surface area contributed by atoms with Crippen LogP contribution in [0.2, 0.25) is 0 Å². The van der Waals surface area contributed by atoms with E-state index in [2.05, 4.69) is 12.2 Å². The molecule has 0 aliphatic rings. The molecule has 0 saturated carbocycles. The summed E-state index contributed by atoms with van der Waals surface area (Å²) >= 11 is 2.96. The number of likely N-dealkylation sites (N-methyl/N-ethyl adjacent to an activating group) is 1. The van der Waals surface area contributed by atoms with Gasteiger partial charge in [-0.15, -0.1) is 22.7 Å². The monoisotopic (exact) mass is 323 g/mol. The van der Waals surface area contributed by atoms with Gasteiger partial charge in [0.2, 0.25) is 5.91 Å². The molecule has 0 unspecified atom stereocenters. The average molecular weight is 323 g/mol.